The second-order valence-corrected chi connectivity index (χ2v) is 9.88. The minimum atomic E-state index is 0.792. The van der Waals surface area contributed by atoms with Gasteiger partial charge in [0, 0.05) is 49.3 Å². The summed E-state index contributed by atoms with van der Waals surface area (Å²) in [5, 5.41) is 2.32. The molecule has 2 aromatic carbocycles. The summed E-state index contributed by atoms with van der Waals surface area (Å²) in [5.41, 5.74) is 9.92. The van der Waals surface area contributed by atoms with Crippen LogP contribution < -0.4 is 0 Å². The van der Waals surface area contributed by atoms with Gasteiger partial charge >= 0.3 is 0 Å². The zero-order valence-electron chi connectivity index (χ0n) is 21.2. The lowest BCUT2D eigenvalue weighted by Gasteiger charge is -2.33. The molecule has 1 saturated heterocycles. The molecule has 4 aromatic rings. The summed E-state index contributed by atoms with van der Waals surface area (Å²) in [4.78, 5) is 24.0. The molecule has 0 unspecified atom stereocenters. The molecule has 0 saturated carbocycles. The van der Waals surface area contributed by atoms with Gasteiger partial charge in [-0.05, 0) is 87.1 Å². The molecule has 6 nitrogen and oxygen atoms in total. The summed E-state index contributed by atoms with van der Waals surface area (Å²) in [7, 11) is 0. The highest BCUT2D eigenvalue weighted by molar-refractivity contribution is 5.84. The van der Waals surface area contributed by atoms with Gasteiger partial charge in [-0.3, -0.25) is 9.80 Å². The molecule has 0 N–H and O–H groups in total. The summed E-state index contributed by atoms with van der Waals surface area (Å²) in [6, 6.07) is 4.38. The Balaban J connectivity index is 1.23. The number of aryl methyl sites for hydroxylation is 4. The van der Waals surface area contributed by atoms with Gasteiger partial charge in [0.15, 0.2) is 0 Å². The zero-order chi connectivity index (χ0) is 24.0. The first kappa shape index (κ1) is 22.8. The highest BCUT2D eigenvalue weighted by Crippen LogP contribution is 2.24. The Bertz CT molecular complexity index is 1280. The zero-order valence-corrected chi connectivity index (χ0v) is 21.2. The second-order valence-electron chi connectivity index (χ2n) is 9.88. The van der Waals surface area contributed by atoms with Gasteiger partial charge in [0.25, 0.3) is 0 Å². The van der Waals surface area contributed by atoms with Gasteiger partial charge in [-0.1, -0.05) is 0 Å². The van der Waals surface area contributed by atoms with Gasteiger partial charge in [-0.15, -0.1) is 0 Å². The molecule has 5 rings (SSSR count). The lowest BCUT2D eigenvalue weighted by molar-refractivity contribution is 0.118. The first-order valence-corrected chi connectivity index (χ1v) is 12.2. The van der Waals surface area contributed by atoms with E-state index in [4.69, 9.17) is 9.97 Å². The molecule has 0 radical (unpaired) electrons. The van der Waals surface area contributed by atoms with Crippen LogP contribution in [0, 0.1) is 41.5 Å². The minimum Gasteiger partial charge on any atom is -0.293 e. The predicted octanol–water partition coefficient (Wildman–Crippen LogP) is 4.74. The van der Waals surface area contributed by atoms with Gasteiger partial charge in [-0.2, -0.15) is 0 Å². The Morgan fingerprint density at radius 1 is 0.588 bits per heavy atom. The third-order valence-corrected chi connectivity index (χ3v) is 7.75. The van der Waals surface area contributed by atoms with Crippen molar-refractivity contribution in [1.29, 1.82) is 0 Å². The molecule has 0 spiro atoms. The van der Waals surface area contributed by atoms with E-state index >= 15 is 0 Å². The summed E-state index contributed by atoms with van der Waals surface area (Å²) in [5.74, 6) is 1.81. The van der Waals surface area contributed by atoms with Gasteiger partial charge in [0.05, 0.1) is 24.1 Å². The molecule has 0 bridgehead atoms. The molecule has 1 aliphatic rings. The Labute approximate surface area is 202 Å². The van der Waals surface area contributed by atoms with Crippen molar-refractivity contribution in [2.45, 2.75) is 54.6 Å². The Morgan fingerprint density at radius 2 is 0.971 bits per heavy atom. The second kappa shape index (κ2) is 9.01. The predicted molar refractivity (Wildman–Crippen MR) is 138 cm³/mol. The van der Waals surface area contributed by atoms with Crippen LogP contribution in [0.4, 0.5) is 0 Å². The molecule has 0 aliphatic carbocycles. The Morgan fingerprint density at radius 3 is 1.35 bits per heavy atom. The van der Waals surface area contributed by atoms with Crippen LogP contribution in [0.15, 0.2) is 24.5 Å². The lowest BCUT2D eigenvalue weighted by Crippen LogP contribution is -2.45. The van der Waals surface area contributed by atoms with Crippen molar-refractivity contribution in [1.82, 2.24) is 29.7 Å². The monoisotopic (exact) mass is 454 g/mol. The van der Waals surface area contributed by atoms with E-state index in [0.717, 1.165) is 72.7 Å². The van der Waals surface area contributed by atoms with Crippen molar-refractivity contribution < 1.29 is 0 Å². The molecule has 176 valence electrons. The number of benzene rings is 2. The summed E-state index contributed by atoms with van der Waals surface area (Å²) < 4.78 is 0. The van der Waals surface area contributed by atoms with E-state index < -0.39 is 0 Å². The van der Waals surface area contributed by atoms with Crippen molar-refractivity contribution in [2.24, 2.45) is 0 Å². The van der Waals surface area contributed by atoms with Gasteiger partial charge < -0.3 is 0 Å². The highest BCUT2D eigenvalue weighted by atomic mass is 15.3. The van der Waals surface area contributed by atoms with Crippen LogP contribution in [0.25, 0.3) is 21.8 Å². The average molecular weight is 455 g/mol. The molecule has 1 aliphatic heterocycles. The summed E-state index contributed by atoms with van der Waals surface area (Å²) in [6.45, 7) is 18.6. The maximum atomic E-state index is 4.88. The molecule has 0 amide bonds. The lowest BCUT2D eigenvalue weighted by atomic mass is 10.0. The molecule has 3 heterocycles. The van der Waals surface area contributed by atoms with E-state index in [2.05, 4.69) is 73.4 Å². The first-order valence-electron chi connectivity index (χ1n) is 12.2. The minimum absolute atomic E-state index is 0.792. The van der Waals surface area contributed by atoms with Gasteiger partial charge in [-0.25, -0.2) is 19.9 Å². The van der Waals surface area contributed by atoms with Crippen LogP contribution in [0.3, 0.4) is 0 Å². The first-order chi connectivity index (χ1) is 16.3. The number of hydrogen-bond donors (Lipinski definition) is 0. The molecular weight excluding hydrogens is 420 g/mol. The smallest absolute Gasteiger partial charge is 0.142 e. The highest BCUT2D eigenvalue weighted by Gasteiger charge is 2.19. The average Bonchev–Trinajstić information content (AvgIpc) is 2.82. The Hall–Kier alpha value is -2.96. The normalized spacial score (nSPS) is 15.5. The fourth-order valence-electron chi connectivity index (χ4n) is 4.94. The van der Waals surface area contributed by atoms with Crippen molar-refractivity contribution in [2.75, 3.05) is 26.2 Å². The molecule has 1 fully saturated rings. The van der Waals surface area contributed by atoms with E-state index in [1.165, 1.54) is 33.4 Å². The van der Waals surface area contributed by atoms with E-state index in [-0.39, 0.29) is 0 Å². The van der Waals surface area contributed by atoms with Crippen molar-refractivity contribution in [3.63, 3.8) is 0 Å². The third-order valence-electron chi connectivity index (χ3n) is 7.75. The molecule has 2 aromatic heterocycles. The number of fused-ring (bicyclic) bond motifs is 2. The van der Waals surface area contributed by atoms with Crippen LogP contribution >= 0.6 is 0 Å². The fraction of sp³-hybridized carbons (Fsp3) is 0.429. The largest absolute Gasteiger partial charge is 0.293 e. The molecule has 34 heavy (non-hydrogen) atoms. The van der Waals surface area contributed by atoms with Gasteiger partial charge in [0.1, 0.15) is 11.6 Å². The standard InChI is InChI=1S/C28H34N6/c1-17-11-25-23(21(5)19(17)3)13-29-27(31-25)15-33-7-9-34(10-8-33)16-28-30-14-24-22(6)20(4)18(2)12-26(24)32-28/h11-14H,7-10,15-16H2,1-6H3. The van der Waals surface area contributed by atoms with Crippen molar-refractivity contribution in [3.05, 3.63) is 69.6 Å². The molecular formula is C28H34N6. The van der Waals surface area contributed by atoms with Crippen molar-refractivity contribution >= 4 is 21.8 Å². The molecule has 0 atom stereocenters. The number of nitrogens with zero attached hydrogens (tertiary/aromatic N) is 6. The van der Waals surface area contributed by atoms with Crippen molar-refractivity contribution in [3.8, 4) is 0 Å². The maximum Gasteiger partial charge on any atom is 0.142 e. The van der Waals surface area contributed by atoms with E-state index in [0.29, 0.717) is 0 Å². The van der Waals surface area contributed by atoms with E-state index in [9.17, 15) is 0 Å². The number of piperazine rings is 1. The Kier molecular flexibility index (Phi) is 6.04. The SMILES string of the molecule is Cc1cc2nc(CN3CCN(Cc4ncc5c(C)c(C)c(C)cc5n4)CC3)ncc2c(C)c1C. The maximum absolute atomic E-state index is 4.88. The van der Waals surface area contributed by atoms with Crippen LogP contribution in [-0.2, 0) is 13.1 Å². The van der Waals surface area contributed by atoms with Crippen LogP contribution in [-0.4, -0.2) is 55.9 Å². The van der Waals surface area contributed by atoms with Gasteiger partial charge in [0.2, 0.25) is 0 Å². The summed E-state index contributed by atoms with van der Waals surface area (Å²) >= 11 is 0. The number of rotatable bonds is 4. The van der Waals surface area contributed by atoms with E-state index in [1.807, 2.05) is 12.4 Å². The van der Waals surface area contributed by atoms with E-state index in [1.54, 1.807) is 0 Å². The van der Waals surface area contributed by atoms with Crippen LogP contribution in [0.2, 0.25) is 0 Å². The topological polar surface area (TPSA) is 58.0 Å². The quantitative estimate of drug-likeness (QED) is 0.444. The fourth-order valence-corrected chi connectivity index (χ4v) is 4.94. The molecule has 6 heteroatoms. The third kappa shape index (κ3) is 4.28. The number of hydrogen-bond acceptors (Lipinski definition) is 6. The van der Waals surface area contributed by atoms with Crippen LogP contribution in [0.5, 0.6) is 0 Å². The summed E-state index contributed by atoms with van der Waals surface area (Å²) in [6.07, 6.45) is 4.00. The van der Waals surface area contributed by atoms with Crippen LogP contribution in [0.1, 0.15) is 45.0 Å². The number of aromatic nitrogens is 4.